The molecular weight excluding hydrogens is 216 g/mol. The maximum absolute atomic E-state index is 5.83. The Morgan fingerprint density at radius 3 is 2.81 bits per heavy atom. The van der Waals surface area contributed by atoms with E-state index in [9.17, 15) is 0 Å². The van der Waals surface area contributed by atoms with Crippen molar-refractivity contribution in [2.75, 3.05) is 13.1 Å². The second-order valence-electron chi connectivity index (χ2n) is 4.75. The molecule has 2 rings (SSSR count). The van der Waals surface area contributed by atoms with Crippen LogP contribution in [0, 0.1) is 11.8 Å². The van der Waals surface area contributed by atoms with Crippen LogP contribution < -0.4 is 11.1 Å². The molecule has 0 amide bonds. The predicted molar refractivity (Wildman–Crippen MR) is 70.5 cm³/mol. The third kappa shape index (κ3) is 3.30. The van der Waals surface area contributed by atoms with Gasteiger partial charge in [-0.1, -0.05) is 18.9 Å². The highest BCUT2D eigenvalue weighted by atomic mass is 32.1. The second kappa shape index (κ2) is 6.38. The Labute approximate surface area is 102 Å². The Kier molecular flexibility index (Phi) is 4.82. The molecule has 2 unspecified atom stereocenters. The van der Waals surface area contributed by atoms with E-state index in [1.54, 1.807) is 0 Å². The molecule has 1 saturated carbocycles. The normalized spacial score (nSPS) is 25.8. The summed E-state index contributed by atoms with van der Waals surface area (Å²) in [7, 11) is 0. The topological polar surface area (TPSA) is 38.0 Å². The number of thiophene rings is 1. The van der Waals surface area contributed by atoms with Gasteiger partial charge in [0.25, 0.3) is 0 Å². The van der Waals surface area contributed by atoms with Crippen molar-refractivity contribution in [3.63, 3.8) is 0 Å². The molecule has 0 aliphatic heterocycles. The number of nitrogens with two attached hydrogens (primary N) is 1. The summed E-state index contributed by atoms with van der Waals surface area (Å²) in [5.74, 6) is 1.56. The standard InChI is InChI=1S/C13H22N2S/c14-8-11-4-1-2-5-12(11)9-15-10-13-6-3-7-16-13/h3,6-7,11-12,15H,1-2,4-5,8-10,14H2. The van der Waals surface area contributed by atoms with Crippen molar-refractivity contribution < 1.29 is 0 Å². The van der Waals surface area contributed by atoms with Crippen LogP contribution in [0.4, 0.5) is 0 Å². The van der Waals surface area contributed by atoms with Crippen molar-refractivity contribution >= 4 is 11.3 Å². The molecule has 90 valence electrons. The van der Waals surface area contributed by atoms with Crippen molar-refractivity contribution in [2.45, 2.75) is 32.2 Å². The molecule has 3 heteroatoms. The first-order valence-corrected chi connectivity index (χ1v) is 7.21. The van der Waals surface area contributed by atoms with Crippen LogP contribution in [-0.4, -0.2) is 13.1 Å². The van der Waals surface area contributed by atoms with Gasteiger partial charge >= 0.3 is 0 Å². The van der Waals surface area contributed by atoms with Gasteiger partial charge in [0, 0.05) is 11.4 Å². The molecule has 0 radical (unpaired) electrons. The number of hydrogen-bond acceptors (Lipinski definition) is 3. The number of rotatable bonds is 5. The fourth-order valence-electron chi connectivity index (χ4n) is 2.66. The van der Waals surface area contributed by atoms with Crippen LogP contribution in [0.5, 0.6) is 0 Å². The van der Waals surface area contributed by atoms with Gasteiger partial charge in [-0.05, 0) is 49.2 Å². The Bertz CT molecular complexity index is 284. The zero-order chi connectivity index (χ0) is 11.2. The van der Waals surface area contributed by atoms with E-state index in [2.05, 4.69) is 22.8 Å². The smallest absolute Gasteiger partial charge is 0.0299 e. The molecule has 1 heterocycles. The maximum atomic E-state index is 5.83. The van der Waals surface area contributed by atoms with Gasteiger partial charge in [-0.15, -0.1) is 11.3 Å². The van der Waals surface area contributed by atoms with Crippen molar-refractivity contribution in [3.05, 3.63) is 22.4 Å². The Morgan fingerprint density at radius 1 is 1.31 bits per heavy atom. The SMILES string of the molecule is NCC1CCCCC1CNCc1cccs1. The van der Waals surface area contributed by atoms with Crippen LogP contribution in [0.3, 0.4) is 0 Å². The van der Waals surface area contributed by atoms with Crippen molar-refractivity contribution in [2.24, 2.45) is 17.6 Å². The van der Waals surface area contributed by atoms with E-state index in [1.165, 1.54) is 30.6 Å². The minimum Gasteiger partial charge on any atom is -0.330 e. The molecule has 2 nitrogen and oxygen atoms in total. The van der Waals surface area contributed by atoms with Gasteiger partial charge in [-0.3, -0.25) is 0 Å². The summed E-state index contributed by atoms with van der Waals surface area (Å²) >= 11 is 1.83. The fraction of sp³-hybridized carbons (Fsp3) is 0.692. The first-order chi connectivity index (χ1) is 7.90. The van der Waals surface area contributed by atoms with E-state index in [1.807, 2.05) is 11.3 Å². The number of nitrogens with one attached hydrogen (secondary N) is 1. The lowest BCUT2D eigenvalue weighted by atomic mass is 9.79. The molecule has 0 spiro atoms. The minimum absolute atomic E-state index is 0.754. The molecule has 0 bridgehead atoms. The van der Waals surface area contributed by atoms with Gasteiger partial charge in [0.2, 0.25) is 0 Å². The van der Waals surface area contributed by atoms with Crippen LogP contribution in [0.1, 0.15) is 30.6 Å². The highest BCUT2D eigenvalue weighted by molar-refractivity contribution is 7.09. The van der Waals surface area contributed by atoms with Crippen molar-refractivity contribution in [1.29, 1.82) is 0 Å². The van der Waals surface area contributed by atoms with Crippen LogP contribution >= 0.6 is 11.3 Å². The molecule has 2 atom stereocenters. The van der Waals surface area contributed by atoms with Crippen LogP contribution in [0.15, 0.2) is 17.5 Å². The van der Waals surface area contributed by atoms with Gasteiger partial charge in [-0.25, -0.2) is 0 Å². The third-order valence-electron chi connectivity index (χ3n) is 3.66. The van der Waals surface area contributed by atoms with Gasteiger partial charge in [0.05, 0.1) is 0 Å². The van der Waals surface area contributed by atoms with Crippen molar-refractivity contribution in [3.8, 4) is 0 Å². The van der Waals surface area contributed by atoms with E-state index < -0.39 is 0 Å². The third-order valence-corrected chi connectivity index (χ3v) is 4.53. The predicted octanol–water partition coefficient (Wildman–Crippen LogP) is 2.60. The summed E-state index contributed by atoms with van der Waals surface area (Å²) in [5.41, 5.74) is 5.83. The van der Waals surface area contributed by atoms with Gasteiger partial charge in [-0.2, -0.15) is 0 Å². The lowest BCUT2D eigenvalue weighted by Gasteiger charge is -2.30. The monoisotopic (exact) mass is 238 g/mol. The van der Waals surface area contributed by atoms with E-state index >= 15 is 0 Å². The first kappa shape index (κ1) is 12.1. The van der Waals surface area contributed by atoms with Gasteiger partial charge in [0.1, 0.15) is 0 Å². The lowest BCUT2D eigenvalue weighted by molar-refractivity contribution is 0.236. The highest BCUT2D eigenvalue weighted by Crippen LogP contribution is 2.28. The zero-order valence-electron chi connectivity index (χ0n) is 9.82. The number of hydrogen-bond donors (Lipinski definition) is 2. The summed E-state index contributed by atoms with van der Waals surface area (Å²) in [6.07, 6.45) is 5.46. The van der Waals surface area contributed by atoms with Crippen LogP contribution in [0.25, 0.3) is 0 Å². The molecule has 0 saturated heterocycles. The van der Waals surface area contributed by atoms with Crippen molar-refractivity contribution in [1.82, 2.24) is 5.32 Å². The van der Waals surface area contributed by atoms with Gasteiger partial charge in [0.15, 0.2) is 0 Å². The summed E-state index contributed by atoms with van der Waals surface area (Å²) in [5, 5.41) is 5.72. The molecule has 16 heavy (non-hydrogen) atoms. The van der Waals surface area contributed by atoms with E-state index in [4.69, 9.17) is 5.73 Å². The van der Waals surface area contributed by atoms with E-state index in [0.717, 1.165) is 31.5 Å². The molecule has 1 aromatic rings. The Balaban J connectivity index is 1.71. The average molecular weight is 238 g/mol. The van der Waals surface area contributed by atoms with E-state index in [0.29, 0.717) is 0 Å². The van der Waals surface area contributed by atoms with Crippen LogP contribution in [0.2, 0.25) is 0 Å². The maximum Gasteiger partial charge on any atom is 0.0299 e. The highest BCUT2D eigenvalue weighted by Gasteiger charge is 2.23. The van der Waals surface area contributed by atoms with E-state index in [-0.39, 0.29) is 0 Å². The molecule has 0 aromatic carbocycles. The quantitative estimate of drug-likeness (QED) is 0.827. The largest absolute Gasteiger partial charge is 0.330 e. The lowest BCUT2D eigenvalue weighted by Crippen LogP contribution is -2.34. The summed E-state index contributed by atoms with van der Waals surface area (Å²) in [6.45, 7) is 3.02. The molecule has 1 aromatic heterocycles. The van der Waals surface area contributed by atoms with Crippen LogP contribution in [-0.2, 0) is 6.54 Å². The average Bonchev–Trinajstić information content (AvgIpc) is 2.83. The zero-order valence-corrected chi connectivity index (χ0v) is 10.6. The summed E-state index contributed by atoms with van der Waals surface area (Å²) in [6, 6.07) is 4.31. The second-order valence-corrected chi connectivity index (χ2v) is 5.78. The first-order valence-electron chi connectivity index (χ1n) is 6.33. The Hall–Kier alpha value is -0.380. The molecular formula is C13H22N2S. The Morgan fingerprint density at radius 2 is 2.12 bits per heavy atom. The van der Waals surface area contributed by atoms with Gasteiger partial charge < -0.3 is 11.1 Å². The summed E-state index contributed by atoms with van der Waals surface area (Å²) in [4.78, 5) is 1.43. The molecule has 1 aliphatic rings. The summed E-state index contributed by atoms with van der Waals surface area (Å²) < 4.78 is 0. The molecule has 1 aliphatic carbocycles. The fourth-order valence-corrected chi connectivity index (χ4v) is 3.33. The molecule has 3 N–H and O–H groups in total. The molecule has 1 fully saturated rings. The minimum atomic E-state index is 0.754.